The van der Waals surface area contributed by atoms with E-state index in [-0.39, 0.29) is 18.0 Å². The molecule has 0 spiro atoms. The van der Waals surface area contributed by atoms with E-state index in [4.69, 9.17) is 0 Å². The minimum atomic E-state index is -0.0596. The largest absolute Gasteiger partial charge is 0.344 e. The molecule has 3 amide bonds. The highest BCUT2D eigenvalue weighted by Gasteiger charge is 2.28. The molecule has 2 rings (SSSR count). The van der Waals surface area contributed by atoms with Crippen LogP contribution in [0.3, 0.4) is 0 Å². The number of amides is 3. The van der Waals surface area contributed by atoms with E-state index in [0.717, 1.165) is 26.1 Å². The average Bonchev–Trinajstić information content (AvgIpc) is 2.80. The fraction of sp³-hybridized carbons (Fsp3) is 0.800. The molecular formula is C10H18N4O2. The maximum Gasteiger partial charge on any atom is 0.317 e. The molecule has 16 heavy (non-hydrogen) atoms. The van der Waals surface area contributed by atoms with Gasteiger partial charge < -0.3 is 20.4 Å². The molecule has 2 aliphatic rings. The van der Waals surface area contributed by atoms with Gasteiger partial charge in [0, 0.05) is 39.8 Å². The zero-order valence-electron chi connectivity index (χ0n) is 9.53. The Morgan fingerprint density at radius 1 is 1.44 bits per heavy atom. The van der Waals surface area contributed by atoms with Crippen LogP contribution in [-0.2, 0) is 4.79 Å². The molecule has 0 aromatic heterocycles. The molecule has 2 N–H and O–H groups in total. The van der Waals surface area contributed by atoms with Crippen LogP contribution in [0.25, 0.3) is 0 Å². The Morgan fingerprint density at radius 3 is 2.81 bits per heavy atom. The van der Waals surface area contributed by atoms with Crippen molar-refractivity contribution >= 4 is 11.9 Å². The van der Waals surface area contributed by atoms with Crippen LogP contribution in [0.4, 0.5) is 4.79 Å². The maximum absolute atomic E-state index is 11.6. The summed E-state index contributed by atoms with van der Waals surface area (Å²) in [6, 6.07) is -0.0627. The molecule has 6 nitrogen and oxygen atoms in total. The van der Waals surface area contributed by atoms with Crippen molar-refractivity contribution in [3.8, 4) is 0 Å². The lowest BCUT2D eigenvalue weighted by molar-refractivity contribution is -0.128. The smallest absolute Gasteiger partial charge is 0.317 e. The average molecular weight is 226 g/mol. The molecule has 0 aliphatic carbocycles. The number of urea groups is 1. The van der Waals surface area contributed by atoms with Crippen molar-refractivity contribution in [1.29, 1.82) is 0 Å². The number of nitrogens with zero attached hydrogens (tertiary/aromatic N) is 2. The number of carbonyl (C=O) groups is 2. The van der Waals surface area contributed by atoms with E-state index in [9.17, 15) is 9.59 Å². The van der Waals surface area contributed by atoms with Gasteiger partial charge in [-0.25, -0.2) is 4.79 Å². The van der Waals surface area contributed by atoms with Gasteiger partial charge in [0.2, 0.25) is 5.91 Å². The monoisotopic (exact) mass is 226 g/mol. The van der Waals surface area contributed by atoms with E-state index in [1.807, 2.05) is 7.05 Å². The number of nitrogens with one attached hydrogen (secondary N) is 2. The topological polar surface area (TPSA) is 64.7 Å². The molecule has 0 aromatic rings. The van der Waals surface area contributed by atoms with Crippen molar-refractivity contribution < 1.29 is 9.59 Å². The van der Waals surface area contributed by atoms with Gasteiger partial charge in [-0.2, -0.15) is 0 Å². The molecule has 0 radical (unpaired) electrons. The number of likely N-dealkylation sites (tertiary alicyclic amines) is 1. The SMILES string of the molecule is CN1CCC(NCCN2CCNC2=O)C1=O. The van der Waals surface area contributed by atoms with Gasteiger partial charge in [-0.3, -0.25) is 4.79 Å². The predicted molar refractivity (Wildman–Crippen MR) is 59.0 cm³/mol. The predicted octanol–water partition coefficient (Wildman–Crippen LogP) is -1.17. The number of carbonyl (C=O) groups excluding carboxylic acids is 2. The number of hydrogen-bond acceptors (Lipinski definition) is 3. The Kier molecular flexibility index (Phi) is 3.28. The summed E-state index contributed by atoms with van der Waals surface area (Å²) in [4.78, 5) is 26.3. The molecule has 1 atom stereocenters. The summed E-state index contributed by atoms with van der Waals surface area (Å²) in [6.45, 7) is 3.65. The fourth-order valence-corrected chi connectivity index (χ4v) is 2.11. The van der Waals surface area contributed by atoms with Crippen molar-refractivity contribution in [3.63, 3.8) is 0 Å². The number of hydrogen-bond donors (Lipinski definition) is 2. The van der Waals surface area contributed by atoms with E-state index in [2.05, 4.69) is 10.6 Å². The molecular weight excluding hydrogens is 208 g/mol. The lowest BCUT2D eigenvalue weighted by Gasteiger charge is -2.16. The van der Waals surface area contributed by atoms with E-state index in [0.29, 0.717) is 13.1 Å². The molecule has 6 heteroatoms. The van der Waals surface area contributed by atoms with Gasteiger partial charge in [-0.05, 0) is 6.42 Å². The molecule has 2 saturated heterocycles. The van der Waals surface area contributed by atoms with Crippen molar-refractivity contribution in [2.24, 2.45) is 0 Å². The molecule has 0 aromatic carbocycles. The Labute approximate surface area is 95.0 Å². The molecule has 2 fully saturated rings. The summed E-state index contributed by atoms with van der Waals surface area (Å²) in [7, 11) is 1.82. The van der Waals surface area contributed by atoms with Crippen LogP contribution in [-0.4, -0.2) is 67.6 Å². The molecule has 0 saturated carbocycles. The van der Waals surface area contributed by atoms with Gasteiger partial charge in [-0.15, -0.1) is 0 Å². The van der Waals surface area contributed by atoms with E-state index in [1.165, 1.54) is 0 Å². The van der Waals surface area contributed by atoms with Gasteiger partial charge in [0.05, 0.1) is 6.04 Å². The summed E-state index contributed by atoms with van der Waals surface area (Å²) in [5.41, 5.74) is 0. The molecule has 90 valence electrons. The summed E-state index contributed by atoms with van der Waals surface area (Å²) in [5.74, 6) is 0.158. The molecule has 0 bridgehead atoms. The van der Waals surface area contributed by atoms with Gasteiger partial charge in [0.1, 0.15) is 0 Å². The number of likely N-dealkylation sites (N-methyl/N-ethyl adjacent to an activating group) is 1. The normalized spacial score (nSPS) is 25.4. The van der Waals surface area contributed by atoms with Crippen molar-refractivity contribution in [2.45, 2.75) is 12.5 Å². The van der Waals surface area contributed by atoms with Crippen LogP contribution in [0.1, 0.15) is 6.42 Å². The summed E-state index contributed by atoms with van der Waals surface area (Å²) in [6.07, 6.45) is 0.863. The van der Waals surface area contributed by atoms with Gasteiger partial charge in [0.15, 0.2) is 0 Å². The second-order valence-electron chi connectivity index (χ2n) is 4.27. The van der Waals surface area contributed by atoms with Crippen molar-refractivity contribution in [3.05, 3.63) is 0 Å². The second-order valence-corrected chi connectivity index (χ2v) is 4.27. The van der Waals surface area contributed by atoms with Crippen LogP contribution in [0.2, 0.25) is 0 Å². The summed E-state index contributed by atoms with van der Waals surface area (Å²) in [5, 5.41) is 5.94. The van der Waals surface area contributed by atoms with E-state index in [1.54, 1.807) is 9.80 Å². The first-order valence-electron chi connectivity index (χ1n) is 5.69. The Balaban J connectivity index is 1.68. The third-order valence-corrected chi connectivity index (χ3v) is 3.15. The first-order chi connectivity index (χ1) is 7.68. The zero-order valence-corrected chi connectivity index (χ0v) is 9.53. The Hall–Kier alpha value is -1.30. The third-order valence-electron chi connectivity index (χ3n) is 3.15. The van der Waals surface area contributed by atoms with Crippen molar-refractivity contribution in [1.82, 2.24) is 20.4 Å². The van der Waals surface area contributed by atoms with Crippen LogP contribution in [0.5, 0.6) is 0 Å². The van der Waals surface area contributed by atoms with E-state index >= 15 is 0 Å². The quantitative estimate of drug-likeness (QED) is 0.635. The third kappa shape index (κ3) is 2.27. The Morgan fingerprint density at radius 2 is 2.25 bits per heavy atom. The highest BCUT2D eigenvalue weighted by atomic mass is 16.2. The molecule has 1 unspecified atom stereocenters. The highest BCUT2D eigenvalue weighted by Crippen LogP contribution is 2.07. The van der Waals surface area contributed by atoms with Gasteiger partial charge in [-0.1, -0.05) is 0 Å². The summed E-state index contributed by atoms with van der Waals surface area (Å²) < 4.78 is 0. The fourth-order valence-electron chi connectivity index (χ4n) is 2.11. The molecule has 2 aliphatic heterocycles. The lowest BCUT2D eigenvalue weighted by Crippen LogP contribution is -2.42. The summed E-state index contributed by atoms with van der Waals surface area (Å²) >= 11 is 0. The Bertz CT molecular complexity index is 295. The number of rotatable bonds is 4. The van der Waals surface area contributed by atoms with Crippen LogP contribution in [0.15, 0.2) is 0 Å². The van der Waals surface area contributed by atoms with E-state index < -0.39 is 0 Å². The first-order valence-corrected chi connectivity index (χ1v) is 5.69. The van der Waals surface area contributed by atoms with Crippen LogP contribution < -0.4 is 10.6 Å². The molecule has 2 heterocycles. The lowest BCUT2D eigenvalue weighted by atomic mass is 10.2. The zero-order chi connectivity index (χ0) is 11.5. The first kappa shape index (κ1) is 11.2. The second kappa shape index (κ2) is 4.69. The van der Waals surface area contributed by atoms with Gasteiger partial charge >= 0.3 is 6.03 Å². The van der Waals surface area contributed by atoms with Gasteiger partial charge in [0.25, 0.3) is 0 Å². The minimum Gasteiger partial charge on any atom is -0.344 e. The maximum atomic E-state index is 11.6. The van der Waals surface area contributed by atoms with Crippen molar-refractivity contribution in [2.75, 3.05) is 39.8 Å². The van der Waals surface area contributed by atoms with Crippen LogP contribution >= 0.6 is 0 Å². The highest BCUT2D eigenvalue weighted by molar-refractivity contribution is 5.83. The van der Waals surface area contributed by atoms with Crippen LogP contribution in [0, 0.1) is 0 Å². The minimum absolute atomic E-state index is 0.00309. The standard InChI is InChI=1S/C10H18N4O2/c1-13-5-2-8(9(13)15)11-3-6-14-7-4-12-10(14)16/h8,11H,2-7H2,1H3,(H,12,16).